The Kier molecular flexibility index (Phi) is 8.32. The van der Waals surface area contributed by atoms with Gasteiger partial charge in [0.2, 0.25) is 0 Å². The van der Waals surface area contributed by atoms with E-state index in [1.165, 1.54) is 0 Å². The van der Waals surface area contributed by atoms with Gasteiger partial charge in [-0.1, -0.05) is 5.57 Å². The molecule has 0 radical (unpaired) electrons. The van der Waals surface area contributed by atoms with E-state index in [1.54, 1.807) is 6.92 Å². The molecule has 4 heteroatoms. The Morgan fingerprint density at radius 3 is 2.17 bits per heavy atom. The molecule has 0 heterocycles. The van der Waals surface area contributed by atoms with Crippen molar-refractivity contribution in [3.63, 3.8) is 0 Å². The third-order valence-corrected chi connectivity index (χ3v) is 1.41. The highest BCUT2D eigenvalue weighted by Gasteiger charge is 2.05. The first-order valence-corrected chi connectivity index (χ1v) is 3.61. The fourth-order valence-electron chi connectivity index (χ4n) is 0.464. The Morgan fingerprint density at radius 1 is 1.33 bits per heavy atom. The van der Waals surface area contributed by atoms with Crippen molar-refractivity contribution in [1.82, 2.24) is 0 Å². The summed E-state index contributed by atoms with van der Waals surface area (Å²) in [7, 11) is 0. The molecule has 72 valence electrons. The van der Waals surface area contributed by atoms with Gasteiger partial charge in [0.25, 0.3) is 0 Å². The lowest BCUT2D eigenvalue weighted by atomic mass is 10.2. The molecule has 0 saturated carbocycles. The van der Waals surface area contributed by atoms with E-state index < -0.39 is 0 Å². The molecular weight excluding hydrogens is 178 g/mol. The van der Waals surface area contributed by atoms with Gasteiger partial charge in [0.1, 0.15) is 6.61 Å². The molecule has 0 aromatic rings. The van der Waals surface area contributed by atoms with Gasteiger partial charge in [0.05, 0.1) is 0 Å². The molecule has 0 aliphatic carbocycles. The third kappa shape index (κ3) is 5.16. The van der Waals surface area contributed by atoms with Gasteiger partial charge in [-0.3, -0.25) is 0 Å². The van der Waals surface area contributed by atoms with Gasteiger partial charge in [-0.15, -0.1) is 12.4 Å². The topological polar surface area (TPSA) is 52.3 Å². The molecule has 12 heavy (non-hydrogen) atoms. The third-order valence-electron chi connectivity index (χ3n) is 1.41. The summed E-state index contributed by atoms with van der Waals surface area (Å²) in [4.78, 5) is 11.0. The van der Waals surface area contributed by atoms with Crippen LogP contribution in [0.1, 0.15) is 20.8 Å². The van der Waals surface area contributed by atoms with E-state index in [-0.39, 0.29) is 18.4 Å². The van der Waals surface area contributed by atoms with Crippen LogP contribution in [0.3, 0.4) is 0 Å². The van der Waals surface area contributed by atoms with Crippen LogP contribution in [-0.4, -0.2) is 19.1 Å². The monoisotopic (exact) mass is 193 g/mol. The molecule has 2 N–H and O–H groups in total. The second kappa shape index (κ2) is 7.13. The molecule has 0 unspecified atom stereocenters. The first kappa shape index (κ1) is 14.0. The van der Waals surface area contributed by atoms with Crippen molar-refractivity contribution in [2.24, 2.45) is 5.73 Å². The minimum Gasteiger partial charge on any atom is -0.461 e. The van der Waals surface area contributed by atoms with Gasteiger partial charge < -0.3 is 10.5 Å². The lowest BCUT2D eigenvalue weighted by molar-refractivity contribution is -0.138. The van der Waals surface area contributed by atoms with Crippen LogP contribution in [0.4, 0.5) is 0 Å². The number of nitrogens with two attached hydrogens (primary N) is 1. The van der Waals surface area contributed by atoms with Gasteiger partial charge >= 0.3 is 5.97 Å². The van der Waals surface area contributed by atoms with Gasteiger partial charge in [0.15, 0.2) is 0 Å². The fourth-order valence-corrected chi connectivity index (χ4v) is 0.464. The zero-order valence-corrected chi connectivity index (χ0v) is 8.53. The number of hydrogen-bond donors (Lipinski definition) is 1. The van der Waals surface area contributed by atoms with Crippen LogP contribution in [-0.2, 0) is 9.53 Å². The normalized spacial score (nSPS) is 8.33. The molecule has 0 aromatic heterocycles. The Bertz CT molecular complexity index is 174. The van der Waals surface area contributed by atoms with Crippen molar-refractivity contribution in [3.8, 4) is 0 Å². The van der Waals surface area contributed by atoms with Crippen molar-refractivity contribution in [1.29, 1.82) is 0 Å². The van der Waals surface area contributed by atoms with E-state index in [1.807, 2.05) is 13.8 Å². The highest BCUT2D eigenvalue weighted by molar-refractivity contribution is 5.88. The largest absolute Gasteiger partial charge is 0.461 e. The van der Waals surface area contributed by atoms with Gasteiger partial charge in [-0.25, -0.2) is 4.79 Å². The van der Waals surface area contributed by atoms with E-state index in [4.69, 9.17) is 10.5 Å². The number of ether oxygens (including phenoxy) is 1. The van der Waals surface area contributed by atoms with Crippen LogP contribution in [0.5, 0.6) is 0 Å². The lowest BCUT2D eigenvalue weighted by Crippen LogP contribution is -2.14. The van der Waals surface area contributed by atoms with Crippen molar-refractivity contribution < 1.29 is 9.53 Å². The highest BCUT2D eigenvalue weighted by atomic mass is 35.5. The summed E-state index contributed by atoms with van der Waals surface area (Å²) in [6, 6.07) is 0. The Labute approximate surface area is 79.4 Å². The predicted molar refractivity (Wildman–Crippen MR) is 51.3 cm³/mol. The van der Waals surface area contributed by atoms with Crippen molar-refractivity contribution in [3.05, 3.63) is 11.1 Å². The van der Waals surface area contributed by atoms with Crippen molar-refractivity contribution in [2.45, 2.75) is 20.8 Å². The molecule has 0 saturated heterocycles. The standard InChI is InChI=1S/C8H15NO2.ClH/c1-6(2)7(3)8(10)11-5-4-9;/h4-5,9H2,1-3H3;1H. The second-order valence-corrected chi connectivity index (χ2v) is 2.55. The predicted octanol–water partition coefficient (Wildman–Crippen LogP) is 1.27. The van der Waals surface area contributed by atoms with Crippen molar-refractivity contribution >= 4 is 18.4 Å². The van der Waals surface area contributed by atoms with Gasteiger partial charge in [-0.05, 0) is 20.8 Å². The van der Waals surface area contributed by atoms with Crippen LogP contribution >= 0.6 is 12.4 Å². The van der Waals surface area contributed by atoms with E-state index in [0.717, 1.165) is 5.57 Å². The van der Waals surface area contributed by atoms with Crippen LogP contribution in [0.25, 0.3) is 0 Å². The number of carbonyl (C=O) groups excluding carboxylic acids is 1. The zero-order valence-electron chi connectivity index (χ0n) is 7.72. The minimum atomic E-state index is -0.268. The molecule has 3 nitrogen and oxygen atoms in total. The van der Waals surface area contributed by atoms with Crippen molar-refractivity contribution in [2.75, 3.05) is 13.2 Å². The summed E-state index contributed by atoms with van der Waals surface area (Å²) in [6.45, 7) is 6.16. The fraction of sp³-hybridized carbons (Fsp3) is 0.625. The van der Waals surface area contributed by atoms with E-state index in [9.17, 15) is 4.79 Å². The van der Waals surface area contributed by atoms with Crippen LogP contribution < -0.4 is 5.73 Å². The first-order chi connectivity index (χ1) is 5.09. The van der Waals surface area contributed by atoms with E-state index in [2.05, 4.69) is 0 Å². The highest BCUT2D eigenvalue weighted by Crippen LogP contribution is 2.03. The zero-order chi connectivity index (χ0) is 8.85. The summed E-state index contributed by atoms with van der Waals surface area (Å²) in [5.41, 5.74) is 6.80. The number of halogens is 1. The molecular formula is C8H16ClNO2. The maximum absolute atomic E-state index is 11.0. The number of hydrogen-bond acceptors (Lipinski definition) is 3. The van der Waals surface area contributed by atoms with Gasteiger partial charge in [0, 0.05) is 12.1 Å². The summed E-state index contributed by atoms with van der Waals surface area (Å²) < 4.78 is 4.79. The molecule has 0 atom stereocenters. The maximum atomic E-state index is 11.0. The van der Waals surface area contributed by atoms with Crippen LogP contribution in [0.2, 0.25) is 0 Å². The van der Waals surface area contributed by atoms with E-state index in [0.29, 0.717) is 18.7 Å². The van der Waals surface area contributed by atoms with E-state index >= 15 is 0 Å². The minimum absolute atomic E-state index is 0. The molecule has 0 aliphatic heterocycles. The SMILES string of the molecule is CC(C)=C(C)C(=O)OCCN.Cl. The Hall–Kier alpha value is -0.540. The number of carbonyl (C=O) groups is 1. The summed E-state index contributed by atoms with van der Waals surface area (Å²) in [5.74, 6) is -0.268. The average Bonchev–Trinajstić information content (AvgIpc) is 1.98. The maximum Gasteiger partial charge on any atom is 0.333 e. The second-order valence-electron chi connectivity index (χ2n) is 2.55. The molecule has 0 bridgehead atoms. The first-order valence-electron chi connectivity index (χ1n) is 3.61. The average molecular weight is 194 g/mol. The Morgan fingerprint density at radius 2 is 1.83 bits per heavy atom. The molecule has 0 spiro atoms. The molecule has 0 aliphatic rings. The lowest BCUT2D eigenvalue weighted by Gasteiger charge is -2.03. The molecule has 0 fully saturated rings. The Balaban J connectivity index is 0. The quantitative estimate of drug-likeness (QED) is 0.543. The summed E-state index contributed by atoms with van der Waals surface area (Å²) >= 11 is 0. The molecule has 0 amide bonds. The summed E-state index contributed by atoms with van der Waals surface area (Å²) in [6.07, 6.45) is 0. The smallest absolute Gasteiger partial charge is 0.333 e. The summed E-state index contributed by atoms with van der Waals surface area (Å²) in [5, 5.41) is 0. The number of esters is 1. The van der Waals surface area contributed by atoms with Crippen LogP contribution in [0, 0.1) is 0 Å². The van der Waals surface area contributed by atoms with Crippen LogP contribution in [0.15, 0.2) is 11.1 Å². The van der Waals surface area contributed by atoms with Gasteiger partial charge in [-0.2, -0.15) is 0 Å². The molecule has 0 aromatic carbocycles. The number of rotatable bonds is 3. The molecule has 0 rings (SSSR count). The number of allylic oxidation sites excluding steroid dienone is 1.